The summed E-state index contributed by atoms with van der Waals surface area (Å²) in [6.45, 7) is 7.54. The van der Waals surface area contributed by atoms with Crippen LogP contribution in [0.15, 0.2) is 36.4 Å². The van der Waals surface area contributed by atoms with Crippen LogP contribution in [0.5, 0.6) is 0 Å². The summed E-state index contributed by atoms with van der Waals surface area (Å²) in [6.07, 6.45) is 0.253. The van der Waals surface area contributed by atoms with Crippen molar-refractivity contribution in [2.24, 2.45) is 0 Å². The molecule has 0 N–H and O–H groups in total. The van der Waals surface area contributed by atoms with Crippen LogP contribution in [-0.4, -0.2) is 69.2 Å². The number of ether oxygens (including phenoxy) is 1. The lowest BCUT2D eigenvalue weighted by molar-refractivity contribution is 0.0258. The quantitative estimate of drug-likeness (QED) is 0.596. The number of para-hydroxylation sites is 1. The topological polar surface area (TPSA) is 73.4 Å². The lowest BCUT2D eigenvalue weighted by Gasteiger charge is -2.27. The van der Waals surface area contributed by atoms with Crippen LogP contribution in [0.25, 0.3) is 0 Å². The van der Waals surface area contributed by atoms with E-state index >= 15 is 0 Å². The maximum atomic E-state index is 14.9. The molecule has 2 aliphatic heterocycles. The number of nitrogens with zero attached hydrogens (tertiary/aromatic N) is 4. The van der Waals surface area contributed by atoms with Crippen LogP contribution < -0.4 is 8.61 Å². The number of halogens is 3. The fourth-order valence-corrected chi connectivity index (χ4v) is 6.03. The average Bonchev–Trinajstić information content (AvgIpc) is 2.90. The van der Waals surface area contributed by atoms with E-state index in [0.29, 0.717) is 43.0 Å². The average molecular weight is 527 g/mol. The molecule has 1 saturated heterocycles. The Balaban J connectivity index is 1.53. The van der Waals surface area contributed by atoms with E-state index in [2.05, 4.69) is 0 Å². The van der Waals surface area contributed by atoms with Crippen molar-refractivity contribution >= 4 is 33.4 Å². The highest BCUT2D eigenvalue weighted by molar-refractivity contribution is 7.95. The van der Waals surface area contributed by atoms with Crippen molar-refractivity contribution in [2.75, 3.05) is 47.9 Å². The molecule has 196 valence electrons. The minimum Gasteiger partial charge on any atom is -0.444 e. The Morgan fingerprint density at radius 1 is 0.944 bits per heavy atom. The molecular weight excluding hydrogens is 497 g/mol. The second-order valence-corrected chi connectivity index (χ2v) is 11.4. The minimum absolute atomic E-state index is 0.0486. The van der Waals surface area contributed by atoms with E-state index in [0.717, 1.165) is 22.5 Å². The summed E-state index contributed by atoms with van der Waals surface area (Å²) >= 11 is 0. The molecule has 2 aromatic rings. The van der Waals surface area contributed by atoms with Gasteiger partial charge in [0.15, 0.2) is 5.82 Å². The zero-order valence-electron chi connectivity index (χ0n) is 20.4. The van der Waals surface area contributed by atoms with Gasteiger partial charge in [0.2, 0.25) is 0 Å². The molecule has 2 aromatic carbocycles. The first-order valence-electron chi connectivity index (χ1n) is 11.7. The lowest BCUT2D eigenvalue weighted by Crippen LogP contribution is -2.42. The predicted molar refractivity (Wildman–Crippen MR) is 130 cm³/mol. The lowest BCUT2D eigenvalue weighted by atomic mass is 10.2. The van der Waals surface area contributed by atoms with E-state index in [1.165, 1.54) is 12.1 Å². The second kappa shape index (κ2) is 9.81. The van der Waals surface area contributed by atoms with Gasteiger partial charge in [0.25, 0.3) is 0 Å². The molecule has 2 aliphatic rings. The van der Waals surface area contributed by atoms with Crippen LogP contribution in [0.2, 0.25) is 0 Å². The van der Waals surface area contributed by atoms with Gasteiger partial charge in [-0.3, -0.25) is 4.90 Å². The maximum Gasteiger partial charge on any atom is 0.410 e. The van der Waals surface area contributed by atoms with Crippen molar-refractivity contribution in [1.82, 2.24) is 9.80 Å². The van der Waals surface area contributed by atoms with Gasteiger partial charge in [-0.1, -0.05) is 6.07 Å². The highest BCUT2D eigenvalue weighted by atomic mass is 32.2. The van der Waals surface area contributed by atoms with Crippen LogP contribution >= 0.6 is 0 Å². The van der Waals surface area contributed by atoms with Gasteiger partial charge in [0, 0.05) is 38.8 Å². The molecule has 4 rings (SSSR count). The van der Waals surface area contributed by atoms with Gasteiger partial charge in [-0.05, 0) is 58.0 Å². The highest BCUT2D eigenvalue weighted by Gasteiger charge is 2.44. The Bertz CT molecular complexity index is 1250. The van der Waals surface area contributed by atoms with Crippen molar-refractivity contribution < 1.29 is 31.1 Å². The smallest absolute Gasteiger partial charge is 0.410 e. The summed E-state index contributed by atoms with van der Waals surface area (Å²) in [4.78, 5) is 16.0. The normalized spacial score (nSPS) is 18.2. The minimum atomic E-state index is -4.40. The molecule has 0 atom stereocenters. The molecular formula is C24H29F3N4O4S. The fourth-order valence-electron chi connectivity index (χ4n) is 4.32. The van der Waals surface area contributed by atoms with Crippen LogP contribution in [0.1, 0.15) is 27.2 Å². The first-order valence-corrected chi connectivity index (χ1v) is 13.0. The summed E-state index contributed by atoms with van der Waals surface area (Å²) in [5, 5.41) is 0. The number of amides is 1. The fraction of sp³-hybridized carbons (Fsp3) is 0.458. The highest BCUT2D eigenvalue weighted by Crippen LogP contribution is 2.47. The second-order valence-electron chi connectivity index (χ2n) is 9.71. The standard InChI is InChI=1S/C24H29F3N4O4S/c1-24(2,3)35-23(32)29-11-5-10-28(12-14-29)13-15-30-22-18(26)6-4-7-21(22)31(36(30,33)34)20-9-8-17(25)16-19(20)27/h4,6-9,16H,5,10-15H2,1-3H3. The van der Waals surface area contributed by atoms with Crippen molar-refractivity contribution in [2.45, 2.75) is 32.8 Å². The third kappa shape index (κ3) is 5.24. The molecule has 2 heterocycles. The van der Waals surface area contributed by atoms with Gasteiger partial charge in [-0.2, -0.15) is 8.42 Å². The number of hydrogen-bond acceptors (Lipinski definition) is 5. The molecule has 0 aliphatic carbocycles. The van der Waals surface area contributed by atoms with E-state index in [1.807, 2.05) is 4.90 Å². The van der Waals surface area contributed by atoms with Gasteiger partial charge in [-0.15, -0.1) is 0 Å². The molecule has 1 amide bonds. The molecule has 0 aromatic heterocycles. The molecule has 8 nitrogen and oxygen atoms in total. The van der Waals surface area contributed by atoms with Gasteiger partial charge in [0.1, 0.15) is 22.9 Å². The number of fused-ring (bicyclic) bond motifs is 1. The van der Waals surface area contributed by atoms with Crippen molar-refractivity contribution in [1.29, 1.82) is 0 Å². The van der Waals surface area contributed by atoms with Gasteiger partial charge in [0.05, 0.1) is 11.4 Å². The predicted octanol–water partition coefficient (Wildman–Crippen LogP) is 4.25. The van der Waals surface area contributed by atoms with Gasteiger partial charge in [-0.25, -0.2) is 26.6 Å². The number of benzene rings is 2. The van der Waals surface area contributed by atoms with E-state index < -0.39 is 45.0 Å². The molecule has 12 heteroatoms. The molecule has 36 heavy (non-hydrogen) atoms. The van der Waals surface area contributed by atoms with Crippen molar-refractivity contribution in [3.05, 3.63) is 53.8 Å². The molecule has 0 spiro atoms. The third-order valence-corrected chi connectivity index (χ3v) is 7.71. The van der Waals surface area contributed by atoms with Crippen LogP contribution in [0, 0.1) is 17.5 Å². The van der Waals surface area contributed by atoms with E-state index in [1.54, 1.807) is 25.7 Å². The Hall–Kier alpha value is -2.99. The Kier molecular flexibility index (Phi) is 7.11. The van der Waals surface area contributed by atoms with Crippen molar-refractivity contribution in [3.8, 4) is 0 Å². The maximum absolute atomic E-state index is 14.9. The largest absolute Gasteiger partial charge is 0.444 e. The number of hydrogen-bond donors (Lipinski definition) is 0. The van der Waals surface area contributed by atoms with Gasteiger partial charge >= 0.3 is 16.3 Å². The zero-order chi connectivity index (χ0) is 26.3. The van der Waals surface area contributed by atoms with Crippen LogP contribution in [0.4, 0.5) is 35.0 Å². The first-order chi connectivity index (χ1) is 16.9. The monoisotopic (exact) mass is 526 g/mol. The van der Waals surface area contributed by atoms with Crippen molar-refractivity contribution in [3.63, 3.8) is 0 Å². The SMILES string of the molecule is CC(C)(C)OC(=O)N1CCCN(CCN2c3c(F)cccc3N(c3ccc(F)cc3F)S2(=O)=O)CC1. The molecule has 0 saturated carbocycles. The van der Waals surface area contributed by atoms with Crippen LogP contribution in [-0.2, 0) is 14.9 Å². The van der Waals surface area contributed by atoms with Gasteiger partial charge < -0.3 is 9.64 Å². The summed E-state index contributed by atoms with van der Waals surface area (Å²) in [5.41, 5.74) is -1.24. The summed E-state index contributed by atoms with van der Waals surface area (Å²) < 4.78 is 77.0. The number of carbonyl (C=O) groups excluding carboxylic acids is 1. The number of rotatable bonds is 4. The summed E-state index contributed by atoms with van der Waals surface area (Å²) in [7, 11) is -4.40. The summed E-state index contributed by atoms with van der Waals surface area (Å²) in [6, 6.07) is 6.39. The van der Waals surface area contributed by atoms with E-state index in [-0.39, 0.29) is 24.5 Å². The van der Waals surface area contributed by atoms with E-state index in [4.69, 9.17) is 4.74 Å². The molecule has 0 unspecified atom stereocenters. The first kappa shape index (κ1) is 26.1. The Morgan fingerprint density at radius 2 is 1.69 bits per heavy atom. The Morgan fingerprint density at radius 3 is 2.39 bits per heavy atom. The molecule has 1 fully saturated rings. The Labute approximate surface area is 209 Å². The number of carbonyl (C=O) groups is 1. The van der Waals surface area contributed by atoms with E-state index in [9.17, 15) is 26.4 Å². The van der Waals surface area contributed by atoms with Crippen LogP contribution in [0.3, 0.4) is 0 Å². The molecule has 0 bridgehead atoms. The third-order valence-electron chi connectivity index (χ3n) is 5.93. The molecule has 0 radical (unpaired) electrons. The number of anilines is 3. The zero-order valence-corrected chi connectivity index (χ0v) is 21.2. The summed E-state index contributed by atoms with van der Waals surface area (Å²) in [5.74, 6) is -2.70.